The number of hydrogen-bond donors (Lipinski definition) is 2. The number of hydrazine groups is 1. The zero-order valence-electron chi connectivity index (χ0n) is 10.1. The Morgan fingerprint density at radius 3 is 3.06 bits per heavy atom. The normalized spacial score (nSPS) is 15.9. The van der Waals surface area contributed by atoms with E-state index in [4.69, 9.17) is 15.0 Å². The Hall–Kier alpha value is -1.86. The van der Waals surface area contributed by atoms with Crippen molar-refractivity contribution in [2.24, 2.45) is 5.84 Å². The van der Waals surface area contributed by atoms with Crippen molar-refractivity contribution in [3.05, 3.63) is 23.2 Å². The molecule has 3 N–H and O–H groups in total. The number of carbonyl (C=O) groups excluding carboxylic acids is 2. The van der Waals surface area contributed by atoms with E-state index in [1.807, 2.05) is 5.43 Å². The van der Waals surface area contributed by atoms with Crippen molar-refractivity contribution in [1.82, 2.24) is 10.3 Å². The van der Waals surface area contributed by atoms with Crippen LogP contribution >= 0.6 is 0 Å². The van der Waals surface area contributed by atoms with Crippen LogP contribution in [0.25, 0.3) is 0 Å². The average Bonchev–Trinajstić information content (AvgIpc) is 2.72. The lowest BCUT2D eigenvalue weighted by Gasteiger charge is -2.25. The van der Waals surface area contributed by atoms with Gasteiger partial charge in [-0.05, 0) is 13.0 Å². The summed E-state index contributed by atoms with van der Waals surface area (Å²) in [5, 5.41) is 0. The van der Waals surface area contributed by atoms with Gasteiger partial charge in [0.05, 0.1) is 13.2 Å². The van der Waals surface area contributed by atoms with Gasteiger partial charge in [0, 0.05) is 12.1 Å². The number of hydrogen-bond acceptors (Lipinski definition) is 5. The predicted octanol–water partition coefficient (Wildman–Crippen LogP) is -0.450. The minimum Gasteiger partial charge on any atom is -0.454 e. The fraction of sp³-hybridized carbons (Fsp3) is 0.455. The third-order valence-electron chi connectivity index (χ3n) is 2.74. The van der Waals surface area contributed by atoms with Gasteiger partial charge in [0.1, 0.15) is 12.4 Å². The third kappa shape index (κ3) is 2.52. The molecule has 0 bridgehead atoms. The van der Waals surface area contributed by atoms with E-state index in [2.05, 4.69) is 0 Å². The fourth-order valence-corrected chi connectivity index (χ4v) is 1.82. The first-order chi connectivity index (χ1) is 8.61. The third-order valence-corrected chi connectivity index (χ3v) is 2.74. The van der Waals surface area contributed by atoms with Crippen molar-refractivity contribution in [2.45, 2.75) is 13.5 Å². The van der Waals surface area contributed by atoms with Crippen LogP contribution in [-0.4, -0.2) is 36.5 Å². The predicted molar refractivity (Wildman–Crippen MR) is 61.3 cm³/mol. The number of nitrogens with one attached hydrogen (secondary N) is 1. The highest BCUT2D eigenvalue weighted by Crippen LogP contribution is 2.17. The van der Waals surface area contributed by atoms with Gasteiger partial charge >= 0.3 is 5.91 Å². The van der Waals surface area contributed by atoms with E-state index in [-0.39, 0.29) is 18.3 Å². The number of nitrogens with zero attached hydrogens (tertiary/aromatic N) is 1. The van der Waals surface area contributed by atoms with E-state index in [0.29, 0.717) is 31.0 Å². The van der Waals surface area contributed by atoms with E-state index in [9.17, 15) is 9.59 Å². The number of aryl methyl sites for hydroxylation is 1. The first-order valence-corrected chi connectivity index (χ1v) is 5.57. The first kappa shape index (κ1) is 12.6. The second-order valence-corrected chi connectivity index (χ2v) is 4.07. The van der Waals surface area contributed by atoms with Gasteiger partial charge in [-0.1, -0.05) is 0 Å². The summed E-state index contributed by atoms with van der Waals surface area (Å²) < 4.78 is 10.4. The van der Waals surface area contributed by atoms with Crippen molar-refractivity contribution in [1.29, 1.82) is 0 Å². The zero-order valence-corrected chi connectivity index (χ0v) is 10.1. The molecule has 0 saturated carbocycles. The van der Waals surface area contributed by atoms with Gasteiger partial charge in [0.2, 0.25) is 5.91 Å². The van der Waals surface area contributed by atoms with E-state index >= 15 is 0 Å². The van der Waals surface area contributed by atoms with Gasteiger partial charge in [-0.3, -0.25) is 15.0 Å². The smallest absolute Gasteiger partial charge is 0.301 e. The van der Waals surface area contributed by atoms with Crippen LogP contribution in [0.5, 0.6) is 0 Å². The topological polar surface area (TPSA) is 97.8 Å². The molecule has 0 unspecified atom stereocenters. The molecule has 2 heterocycles. The summed E-state index contributed by atoms with van der Waals surface area (Å²) in [7, 11) is 0. The molecule has 0 aliphatic carbocycles. The Morgan fingerprint density at radius 2 is 2.39 bits per heavy atom. The molecule has 7 heteroatoms. The van der Waals surface area contributed by atoms with Gasteiger partial charge in [-0.15, -0.1) is 0 Å². The monoisotopic (exact) mass is 253 g/mol. The number of furan rings is 1. The highest BCUT2D eigenvalue weighted by atomic mass is 16.5. The minimum absolute atomic E-state index is 0.0832. The van der Waals surface area contributed by atoms with Crippen molar-refractivity contribution in [3.8, 4) is 0 Å². The Labute approximate surface area is 104 Å². The molecule has 1 fully saturated rings. The minimum atomic E-state index is -0.480. The number of morpholine rings is 1. The summed E-state index contributed by atoms with van der Waals surface area (Å²) in [5.74, 6) is 5.22. The molecule has 18 heavy (non-hydrogen) atoms. The molecule has 2 amide bonds. The van der Waals surface area contributed by atoms with E-state index in [1.165, 1.54) is 0 Å². The lowest BCUT2D eigenvalue weighted by Crippen LogP contribution is -2.40. The largest absolute Gasteiger partial charge is 0.454 e. The molecule has 0 radical (unpaired) electrons. The molecular formula is C11H15N3O4. The van der Waals surface area contributed by atoms with Crippen LogP contribution in [0, 0.1) is 6.92 Å². The fourth-order valence-electron chi connectivity index (χ4n) is 1.82. The average molecular weight is 253 g/mol. The highest BCUT2D eigenvalue weighted by Gasteiger charge is 2.21. The maximum Gasteiger partial charge on any atom is 0.301 e. The number of amides is 2. The summed E-state index contributed by atoms with van der Waals surface area (Å²) in [4.78, 5) is 24.5. The zero-order chi connectivity index (χ0) is 13.1. The van der Waals surface area contributed by atoms with Gasteiger partial charge in [-0.25, -0.2) is 5.84 Å². The highest BCUT2D eigenvalue weighted by molar-refractivity contribution is 5.92. The maximum absolute atomic E-state index is 11.5. The molecule has 0 atom stereocenters. The van der Waals surface area contributed by atoms with Gasteiger partial charge in [-0.2, -0.15) is 0 Å². The molecule has 1 aliphatic rings. The van der Waals surface area contributed by atoms with E-state index in [1.54, 1.807) is 17.9 Å². The van der Waals surface area contributed by atoms with Crippen molar-refractivity contribution in [2.75, 3.05) is 19.8 Å². The van der Waals surface area contributed by atoms with Crippen molar-refractivity contribution < 1.29 is 18.7 Å². The lowest BCUT2D eigenvalue weighted by molar-refractivity contribution is -0.143. The van der Waals surface area contributed by atoms with Gasteiger partial charge in [0.25, 0.3) is 0 Å². The second-order valence-electron chi connectivity index (χ2n) is 4.07. The number of ether oxygens (including phenoxy) is 1. The first-order valence-electron chi connectivity index (χ1n) is 5.57. The van der Waals surface area contributed by atoms with Crippen LogP contribution in [0.1, 0.15) is 21.9 Å². The van der Waals surface area contributed by atoms with Crippen LogP contribution < -0.4 is 11.3 Å². The summed E-state index contributed by atoms with van der Waals surface area (Å²) >= 11 is 0. The van der Waals surface area contributed by atoms with Crippen LogP contribution in [0.2, 0.25) is 0 Å². The molecule has 0 aromatic carbocycles. The van der Waals surface area contributed by atoms with Gasteiger partial charge < -0.3 is 14.1 Å². The van der Waals surface area contributed by atoms with E-state index in [0.717, 1.165) is 0 Å². The molecule has 98 valence electrons. The molecule has 1 aliphatic heterocycles. The summed E-state index contributed by atoms with van der Waals surface area (Å²) in [6, 6.07) is 1.73. The lowest BCUT2D eigenvalue weighted by atomic mass is 10.2. The number of carbonyl (C=O) groups is 2. The quantitative estimate of drug-likeness (QED) is 0.432. The molecule has 2 rings (SSSR count). The Morgan fingerprint density at radius 1 is 1.61 bits per heavy atom. The van der Waals surface area contributed by atoms with Crippen LogP contribution in [0.4, 0.5) is 0 Å². The summed E-state index contributed by atoms with van der Waals surface area (Å²) in [6.45, 7) is 3.22. The summed E-state index contributed by atoms with van der Waals surface area (Å²) in [5.41, 5.74) is 2.70. The number of rotatable bonds is 3. The van der Waals surface area contributed by atoms with Crippen molar-refractivity contribution in [3.63, 3.8) is 0 Å². The number of nitrogen functional groups attached to an aromatic ring is 1. The van der Waals surface area contributed by atoms with Crippen molar-refractivity contribution >= 4 is 11.8 Å². The second kappa shape index (κ2) is 5.19. The van der Waals surface area contributed by atoms with Crippen LogP contribution in [-0.2, 0) is 16.1 Å². The SMILES string of the molecule is Cc1cc(CN2CCOCC2=O)oc1C(=O)NN. The molecule has 1 aromatic rings. The van der Waals surface area contributed by atoms with Gasteiger partial charge in [0.15, 0.2) is 5.76 Å². The summed E-state index contributed by atoms with van der Waals surface area (Å²) in [6.07, 6.45) is 0. The number of nitrogens with two attached hydrogens (primary N) is 1. The molecule has 7 nitrogen and oxygen atoms in total. The Bertz CT molecular complexity index is 469. The Balaban J connectivity index is 2.10. The van der Waals surface area contributed by atoms with Crippen LogP contribution in [0.3, 0.4) is 0 Å². The standard InChI is InChI=1S/C11H15N3O4/c1-7-4-8(18-10(7)11(16)13-12)5-14-2-3-17-6-9(14)15/h4H,2-3,5-6,12H2,1H3,(H,13,16). The maximum atomic E-state index is 11.5. The molecule has 1 aromatic heterocycles. The molecular weight excluding hydrogens is 238 g/mol. The van der Waals surface area contributed by atoms with Crippen LogP contribution in [0.15, 0.2) is 10.5 Å². The molecule has 1 saturated heterocycles. The molecule has 0 spiro atoms. The Kier molecular flexibility index (Phi) is 3.63. The van der Waals surface area contributed by atoms with E-state index < -0.39 is 5.91 Å².